The van der Waals surface area contributed by atoms with Gasteiger partial charge in [-0.25, -0.2) is 0 Å². The number of hydrogen-bond donors (Lipinski definition) is 0. The van der Waals surface area contributed by atoms with Crippen LogP contribution in [0, 0.1) is 0 Å². The van der Waals surface area contributed by atoms with E-state index in [0.717, 1.165) is 0 Å². The molecular weight excluding hydrogens is 485 g/mol. The van der Waals surface area contributed by atoms with Gasteiger partial charge >= 0.3 is 144 Å². The third-order valence-corrected chi connectivity index (χ3v) is 5.22. The van der Waals surface area contributed by atoms with Crippen LogP contribution in [0.15, 0.2) is 0 Å². The van der Waals surface area contributed by atoms with E-state index in [1.807, 2.05) is 0 Å². The second-order valence-corrected chi connectivity index (χ2v) is 6.73. The average molecular weight is 485 g/mol. The molecule has 0 saturated heterocycles. The Bertz CT molecular complexity index is 434. The molecule has 0 unspecified atom stereocenters. The van der Waals surface area contributed by atoms with Crippen LogP contribution in [-0.2, 0) is 50.2 Å². The first-order chi connectivity index (χ1) is 10.3. The fourth-order valence-electron chi connectivity index (χ4n) is 0.573. The zero-order chi connectivity index (χ0) is 17.3. The molecule has 0 heterocycles. The topological polar surface area (TPSA) is 158 Å². The van der Waals surface area contributed by atoms with Crippen LogP contribution in [-0.4, -0.2) is 58.6 Å². The number of halogens is 3. The molecule has 0 amide bonds. The molecule has 0 aromatic carbocycles. The Balaban J connectivity index is 4.98. The van der Waals surface area contributed by atoms with Crippen LogP contribution >= 0.6 is 35.6 Å². The summed E-state index contributed by atoms with van der Waals surface area (Å²) in [5.41, 5.74) is 0. The molecule has 0 aliphatic carbocycles. The summed E-state index contributed by atoms with van der Waals surface area (Å²) in [5, 5.41) is 0. The molecule has 0 spiro atoms. The molecule has 0 aliphatic rings. The number of carbonyl (C=O) groups excluding carboxylic acids is 6. The van der Waals surface area contributed by atoms with Crippen molar-refractivity contribution < 1.29 is 50.2 Å². The van der Waals surface area contributed by atoms with E-state index in [0.29, 0.717) is 0 Å². The Kier molecular flexibility index (Phi) is 9.64. The Labute approximate surface area is 144 Å². The fourth-order valence-corrected chi connectivity index (χ4v) is 3.49. The minimum atomic E-state index is -5.04. The van der Waals surface area contributed by atoms with E-state index >= 15 is 0 Å². The molecule has 0 bridgehead atoms. The SMILES string of the molecule is O=C(OCl)C(=O)[O][In]([O]C(=O)C(=O)OCl)[O]C(=O)C(=O)OCl. The monoisotopic (exact) mass is 484 g/mol. The van der Waals surface area contributed by atoms with Crippen LogP contribution in [0.2, 0.25) is 0 Å². The van der Waals surface area contributed by atoms with Crippen molar-refractivity contribution in [3.8, 4) is 0 Å². The van der Waals surface area contributed by atoms with Gasteiger partial charge in [-0.1, -0.05) is 0 Å². The summed E-state index contributed by atoms with van der Waals surface area (Å²) in [6, 6.07) is 0. The van der Waals surface area contributed by atoms with Gasteiger partial charge in [-0.2, -0.15) is 0 Å². The van der Waals surface area contributed by atoms with Crippen LogP contribution in [0.4, 0.5) is 0 Å². The zero-order valence-corrected chi connectivity index (χ0v) is 15.2. The van der Waals surface area contributed by atoms with E-state index in [1.165, 1.54) is 0 Å². The molecule has 22 heavy (non-hydrogen) atoms. The molecule has 0 saturated carbocycles. The van der Waals surface area contributed by atoms with Crippen molar-refractivity contribution in [3.05, 3.63) is 0 Å². The van der Waals surface area contributed by atoms with Gasteiger partial charge in [0.15, 0.2) is 0 Å². The van der Waals surface area contributed by atoms with Crippen molar-refractivity contribution in [2.75, 3.05) is 0 Å². The number of carbonyl (C=O) groups is 6. The van der Waals surface area contributed by atoms with Crippen molar-refractivity contribution in [1.29, 1.82) is 0 Å². The molecule has 0 N–H and O–H groups in total. The molecular formula is C6Cl3InO12. The molecule has 0 aromatic heterocycles. The van der Waals surface area contributed by atoms with Gasteiger partial charge < -0.3 is 0 Å². The van der Waals surface area contributed by atoms with Gasteiger partial charge in [0, 0.05) is 0 Å². The molecule has 0 radical (unpaired) electrons. The minimum absolute atomic E-state index is 1.77. The second kappa shape index (κ2) is 10.3. The van der Waals surface area contributed by atoms with Crippen LogP contribution in [0.3, 0.4) is 0 Å². The van der Waals surface area contributed by atoms with Crippen molar-refractivity contribution in [1.82, 2.24) is 0 Å². The predicted octanol–water partition coefficient (Wildman–Crippen LogP) is -1.31. The summed E-state index contributed by atoms with van der Waals surface area (Å²) in [6.07, 6.45) is 0. The normalized spacial score (nSPS) is 8.86. The molecule has 0 fully saturated rings. The van der Waals surface area contributed by atoms with Crippen molar-refractivity contribution in [3.63, 3.8) is 0 Å². The van der Waals surface area contributed by atoms with Gasteiger partial charge in [0.1, 0.15) is 0 Å². The maximum absolute atomic E-state index is 11.0. The first-order valence-corrected chi connectivity index (χ1v) is 9.33. The number of rotatable bonds is 3. The zero-order valence-electron chi connectivity index (χ0n) is 9.61. The predicted molar refractivity (Wildman–Crippen MR) is 59.9 cm³/mol. The van der Waals surface area contributed by atoms with Crippen molar-refractivity contribution in [2.24, 2.45) is 0 Å². The summed E-state index contributed by atoms with van der Waals surface area (Å²) >= 11 is 8.65. The summed E-state index contributed by atoms with van der Waals surface area (Å²) in [5.74, 6) is -10.8. The third-order valence-electron chi connectivity index (χ3n) is 1.32. The molecule has 12 nitrogen and oxygen atoms in total. The van der Waals surface area contributed by atoms with E-state index in [-0.39, 0.29) is 0 Å². The Morgan fingerprint density at radius 2 is 0.727 bits per heavy atom. The molecule has 0 aromatic rings. The molecule has 120 valence electrons. The average Bonchev–Trinajstić information content (AvgIpc) is 2.51. The fraction of sp³-hybridized carbons (Fsp3) is 0. The molecule has 0 rings (SSSR count). The van der Waals surface area contributed by atoms with Gasteiger partial charge in [-0.3, -0.25) is 0 Å². The molecule has 0 atom stereocenters. The Hall–Kier alpha value is -1.44. The van der Waals surface area contributed by atoms with Crippen LogP contribution in [0.5, 0.6) is 0 Å². The van der Waals surface area contributed by atoms with E-state index in [2.05, 4.69) is 57.0 Å². The summed E-state index contributed by atoms with van der Waals surface area (Å²) in [6.45, 7) is 0. The Morgan fingerprint density at radius 3 is 0.909 bits per heavy atom. The van der Waals surface area contributed by atoms with Crippen LogP contribution in [0.1, 0.15) is 0 Å². The van der Waals surface area contributed by atoms with E-state index in [9.17, 15) is 28.8 Å². The van der Waals surface area contributed by atoms with Crippen molar-refractivity contribution in [2.45, 2.75) is 0 Å². The summed E-state index contributed by atoms with van der Waals surface area (Å²) < 4.78 is 22.8. The standard InChI is InChI=1S/3C2HClO4.In/c3*3-7-2(6)1(4)5;/h3*(H,4,5);/q;;;+3/p-3. The van der Waals surface area contributed by atoms with E-state index in [1.54, 1.807) is 0 Å². The Morgan fingerprint density at radius 1 is 0.500 bits per heavy atom. The van der Waals surface area contributed by atoms with E-state index in [4.69, 9.17) is 0 Å². The van der Waals surface area contributed by atoms with Gasteiger partial charge in [0.25, 0.3) is 0 Å². The third kappa shape index (κ3) is 7.02. The second-order valence-electron chi connectivity index (χ2n) is 2.60. The quantitative estimate of drug-likeness (QED) is 0.436. The maximum atomic E-state index is 11.0. The van der Waals surface area contributed by atoms with Gasteiger partial charge in [0.05, 0.1) is 0 Å². The molecule has 16 heteroatoms. The first kappa shape index (κ1) is 20.6. The van der Waals surface area contributed by atoms with Crippen LogP contribution < -0.4 is 0 Å². The van der Waals surface area contributed by atoms with E-state index < -0.39 is 58.6 Å². The number of hydrogen-bond acceptors (Lipinski definition) is 12. The molecule has 0 aliphatic heterocycles. The van der Waals surface area contributed by atoms with Crippen molar-refractivity contribution >= 4 is 94.2 Å². The van der Waals surface area contributed by atoms with Gasteiger partial charge in [-0.15, -0.1) is 0 Å². The summed E-state index contributed by atoms with van der Waals surface area (Å²) in [7, 11) is 0. The van der Waals surface area contributed by atoms with Gasteiger partial charge in [-0.05, 0) is 0 Å². The van der Waals surface area contributed by atoms with Crippen LogP contribution in [0.25, 0.3) is 0 Å². The summed E-state index contributed by atoms with van der Waals surface area (Å²) in [4.78, 5) is 65.2. The van der Waals surface area contributed by atoms with Gasteiger partial charge in [0.2, 0.25) is 0 Å². The first-order valence-electron chi connectivity index (χ1n) is 4.37.